The maximum absolute atomic E-state index is 2.61. The predicted molar refractivity (Wildman–Crippen MR) is 114 cm³/mol. The highest BCUT2D eigenvalue weighted by Crippen LogP contribution is 2.24. The molecule has 2 fully saturated rings. The van der Waals surface area contributed by atoms with Crippen LogP contribution in [0.4, 0.5) is 11.4 Å². The lowest BCUT2D eigenvalue weighted by Crippen LogP contribution is -2.53. The summed E-state index contributed by atoms with van der Waals surface area (Å²) in [5.74, 6) is 0. The van der Waals surface area contributed by atoms with Gasteiger partial charge in [-0.15, -0.1) is 0 Å². The number of aryl methyl sites for hydroxylation is 2. The molecule has 0 aromatic heterocycles. The molecular weight excluding hydrogens is 332 g/mol. The van der Waals surface area contributed by atoms with Crippen LogP contribution in [-0.2, 0) is 0 Å². The molecule has 2 aliphatic heterocycles. The van der Waals surface area contributed by atoms with E-state index in [1.54, 1.807) is 0 Å². The summed E-state index contributed by atoms with van der Waals surface area (Å²) in [5.41, 5.74) is 5.54. The monoisotopic (exact) mass is 364 g/mol. The smallest absolute Gasteiger partial charge is 0.0717 e. The fourth-order valence-corrected chi connectivity index (χ4v) is 4.48. The summed E-state index contributed by atoms with van der Waals surface area (Å²) in [4.78, 5) is 10.3. The van der Waals surface area contributed by atoms with E-state index >= 15 is 0 Å². The molecule has 2 aromatic carbocycles. The summed E-state index contributed by atoms with van der Waals surface area (Å²) in [6, 6.07) is 17.6. The van der Waals surface area contributed by atoms with Crippen LogP contribution in [0.15, 0.2) is 48.5 Å². The third-order valence-corrected chi connectivity index (χ3v) is 5.86. The zero-order chi connectivity index (χ0) is 18.6. The molecule has 2 saturated heterocycles. The van der Waals surface area contributed by atoms with Crippen molar-refractivity contribution in [2.45, 2.75) is 26.7 Å². The van der Waals surface area contributed by atoms with Crippen molar-refractivity contribution >= 4 is 11.4 Å². The van der Waals surface area contributed by atoms with Crippen LogP contribution in [0, 0.1) is 13.8 Å². The van der Waals surface area contributed by atoms with Gasteiger partial charge >= 0.3 is 0 Å². The number of anilines is 2. The van der Waals surface area contributed by atoms with Gasteiger partial charge in [-0.25, -0.2) is 0 Å². The standard InChI is InChI=1S/C23H32N4/c1-20-9-3-5-11-22(20)26-15-7-13-24(18-26)17-25-14-8-16-27(19-25)23-12-6-4-10-21(23)2/h3-6,9-12H,7-8,13-19H2,1-2H3. The second-order valence-corrected chi connectivity index (χ2v) is 8.02. The van der Waals surface area contributed by atoms with Gasteiger partial charge in [0.2, 0.25) is 0 Å². The van der Waals surface area contributed by atoms with E-state index in [0.717, 1.165) is 33.1 Å². The lowest BCUT2D eigenvalue weighted by atomic mass is 10.1. The minimum Gasteiger partial charge on any atom is -0.358 e. The normalized spacial score (nSPS) is 19.5. The molecule has 0 atom stereocenters. The molecular formula is C23H32N4. The molecule has 2 heterocycles. The number of nitrogens with zero attached hydrogens (tertiary/aromatic N) is 4. The molecule has 0 amide bonds. The van der Waals surface area contributed by atoms with Gasteiger partial charge in [-0.3, -0.25) is 9.80 Å². The molecule has 0 radical (unpaired) electrons. The molecule has 0 saturated carbocycles. The first-order valence-corrected chi connectivity index (χ1v) is 10.3. The Labute approximate surface area is 164 Å². The van der Waals surface area contributed by atoms with Crippen LogP contribution >= 0.6 is 0 Å². The molecule has 0 bridgehead atoms. The van der Waals surface area contributed by atoms with Crippen LogP contribution in [0.25, 0.3) is 0 Å². The first-order chi connectivity index (χ1) is 13.2. The number of para-hydroxylation sites is 2. The van der Waals surface area contributed by atoms with Crippen molar-refractivity contribution in [2.24, 2.45) is 0 Å². The van der Waals surface area contributed by atoms with Crippen molar-refractivity contribution in [1.29, 1.82) is 0 Å². The van der Waals surface area contributed by atoms with E-state index in [0.29, 0.717) is 0 Å². The summed E-state index contributed by atoms with van der Waals surface area (Å²) >= 11 is 0. The molecule has 2 aliphatic rings. The summed E-state index contributed by atoms with van der Waals surface area (Å²) < 4.78 is 0. The zero-order valence-corrected chi connectivity index (χ0v) is 16.8. The van der Waals surface area contributed by atoms with Crippen molar-refractivity contribution in [3.8, 4) is 0 Å². The van der Waals surface area contributed by atoms with Crippen LogP contribution in [0.1, 0.15) is 24.0 Å². The first kappa shape index (κ1) is 18.3. The van der Waals surface area contributed by atoms with Crippen LogP contribution in [0.3, 0.4) is 0 Å². The topological polar surface area (TPSA) is 13.0 Å². The van der Waals surface area contributed by atoms with Gasteiger partial charge in [-0.05, 0) is 49.9 Å². The average Bonchev–Trinajstić information content (AvgIpc) is 2.69. The van der Waals surface area contributed by atoms with Gasteiger partial charge in [-0.2, -0.15) is 0 Å². The molecule has 4 nitrogen and oxygen atoms in total. The number of hydrogen-bond acceptors (Lipinski definition) is 4. The van der Waals surface area contributed by atoms with E-state index in [1.807, 2.05) is 0 Å². The Kier molecular flexibility index (Phi) is 5.65. The van der Waals surface area contributed by atoms with Crippen molar-refractivity contribution in [2.75, 3.05) is 56.0 Å². The first-order valence-electron chi connectivity index (χ1n) is 10.3. The molecule has 0 N–H and O–H groups in total. The third kappa shape index (κ3) is 4.28. The van der Waals surface area contributed by atoms with Crippen molar-refractivity contribution < 1.29 is 0 Å². The Morgan fingerprint density at radius 1 is 0.630 bits per heavy atom. The molecule has 4 heteroatoms. The predicted octanol–water partition coefficient (Wildman–Crippen LogP) is 3.90. The van der Waals surface area contributed by atoms with Gasteiger partial charge in [0.25, 0.3) is 0 Å². The van der Waals surface area contributed by atoms with Crippen LogP contribution < -0.4 is 9.80 Å². The quantitative estimate of drug-likeness (QED) is 0.816. The van der Waals surface area contributed by atoms with Crippen LogP contribution in [-0.4, -0.2) is 56.0 Å². The Bertz CT molecular complexity index is 696. The average molecular weight is 365 g/mol. The molecule has 0 aliphatic carbocycles. The molecule has 27 heavy (non-hydrogen) atoms. The van der Waals surface area contributed by atoms with Crippen molar-refractivity contribution in [3.05, 3.63) is 59.7 Å². The van der Waals surface area contributed by atoms with E-state index in [1.165, 1.54) is 48.4 Å². The minimum absolute atomic E-state index is 1.03. The van der Waals surface area contributed by atoms with E-state index in [2.05, 4.69) is 82.0 Å². The van der Waals surface area contributed by atoms with Crippen molar-refractivity contribution in [3.63, 3.8) is 0 Å². The molecule has 0 spiro atoms. The van der Waals surface area contributed by atoms with Gasteiger partial charge in [-0.1, -0.05) is 36.4 Å². The summed E-state index contributed by atoms with van der Waals surface area (Å²) in [6.45, 7) is 12.3. The second kappa shape index (κ2) is 8.32. The van der Waals surface area contributed by atoms with Crippen LogP contribution in [0.5, 0.6) is 0 Å². The third-order valence-electron chi connectivity index (χ3n) is 5.86. The van der Waals surface area contributed by atoms with E-state index < -0.39 is 0 Å². The highest BCUT2D eigenvalue weighted by molar-refractivity contribution is 5.53. The van der Waals surface area contributed by atoms with E-state index in [4.69, 9.17) is 0 Å². The molecule has 144 valence electrons. The number of hydrogen-bond donors (Lipinski definition) is 0. The highest BCUT2D eigenvalue weighted by Gasteiger charge is 2.24. The van der Waals surface area contributed by atoms with E-state index in [-0.39, 0.29) is 0 Å². The van der Waals surface area contributed by atoms with Gasteiger partial charge in [0.05, 0.1) is 20.0 Å². The van der Waals surface area contributed by atoms with Crippen LogP contribution in [0.2, 0.25) is 0 Å². The SMILES string of the molecule is Cc1ccccc1N1CCCN(CN2CCCN(c3ccccc3C)C2)C1. The van der Waals surface area contributed by atoms with Crippen molar-refractivity contribution in [1.82, 2.24) is 9.80 Å². The van der Waals surface area contributed by atoms with Gasteiger partial charge in [0.1, 0.15) is 0 Å². The second-order valence-electron chi connectivity index (χ2n) is 8.02. The molecule has 0 unspecified atom stereocenters. The van der Waals surface area contributed by atoms with Gasteiger partial charge in [0.15, 0.2) is 0 Å². The maximum Gasteiger partial charge on any atom is 0.0717 e. The number of benzene rings is 2. The Morgan fingerprint density at radius 3 is 1.52 bits per heavy atom. The van der Waals surface area contributed by atoms with Gasteiger partial charge in [0, 0.05) is 37.6 Å². The Hall–Kier alpha value is -2.04. The summed E-state index contributed by atoms with van der Waals surface area (Å²) in [6.07, 6.45) is 2.48. The highest BCUT2D eigenvalue weighted by atomic mass is 15.4. The van der Waals surface area contributed by atoms with Gasteiger partial charge < -0.3 is 9.80 Å². The fraction of sp³-hybridized carbons (Fsp3) is 0.478. The molecule has 4 rings (SSSR count). The maximum atomic E-state index is 2.61. The number of rotatable bonds is 4. The Balaban J connectivity index is 1.38. The Morgan fingerprint density at radius 2 is 1.07 bits per heavy atom. The van der Waals surface area contributed by atoms with E-state index in [9.17, 15) is 0 Å². The summed E-state index contributed by atoms with van der Waals surface area (Å²) in [7, 11) is 0. The lowest BCUT2D eigenvalue weighted by Gasteiger charge is -2.43. The zero-order valence-electron chi connectivity index (χ0n) is 16.8. The fourth-order valence-electron chi connectivity index (χ4n) is 4.48. The minimum atomic E-state index is 1.03. The largest absolute Gasteiger partial charge is 0.358 e. The lowest BCUT2D eigenvalue weighted by molar-refractivity contribution is 0.106. The summed E-state index contributed by atoms with van der Waals surface area (Å²) in [5, 5.41) is 0. The molecule has 2 aromatic rings.